The fourth-order valence-electron chi connectivity index (χ4n) is 2.07. The molecule has 3 N–H and O–H groups in total. The van der Waals surface area contributed by atoms with Gasteiger partial charge < -0.3 is 15.6 Å². The van der Waals surface area contributed by atoms with Crippen LogP contribution in [0.1, 0.15) is 28.9 Å². The molecule has 0 aliphatic carbocycles. The Morgan fingerprint density at radius 3 is 2.83 bits per heavy atom. The Morgan fingerprint density at radius 2 is 2.17 bits per heavy atom. The van der Waals surface area contributed by atoms with Crippen LogP contribution in [0, 0.1) is 0 Å². The van der Waals surface area contributed by atoms with Gasteiger partial charge in [0, 0.05) is 24.0 Å². The lowest BCUT2D eigenvalue weighted by molar-refractivity contribution is 0.0991. The van der Waals surface area contributed by atoms with Gasteiger partial charge in [0.2, 0.25) is 0 Å². The first-order chi connectivity index (χ1) is 11.7. The Labute approximate surface area is 138 Å². The monoisotopic (exact) mass is 324 g/mol. The predicted molar refractivity (Wildman–Crippen MR) is 87.0 cm³/mol. The number of nitrogens with one attached hydrogen (secondary N) is 1. The Hall–Kier alpha value is -3.29. The number of nitrogens with two attached hydrogens (primary N) is 1. The van der Waals surface area contributed by atoms with Gasteiger partial charge in [0.1, 0.15) is 11.5 Å². The molecule has 3 heterocycles. The standard InChI is InChI=1S/C16H16N6O2/c1-2-10-7-14(19-9-11-8-13(15(17)23)22-24-11)21-16(20-10)12-5-3-4-6-18-12/h3-8H,2,9H2,1H3,(H2,17,23)(H,19,20,21). The number of aromatic nitrogens is 4. The molecule has 24 heavy (non-hydrogen) atoms. The van der Waals surface area contributed by atoms with Crippen LogP contribution in [0.25, 0.3) is 11.5 Å². The van der Waals surface area contributed by atoms with Crippen LogP contribution in [-0.2, 0) is 13.0 Å². The van der Waals surface area contributed by atoms with Crippen molar-refractivity contribution in [2.24, 2.45) is 5.73 Å². The molecule has 0 aliphatic heterocycles. The molecule has 0 unspecified atom stereocenters. The molecule has 8 heteroatoms. The summed E-state index contributed by atoms with van der Waals surface area (Å²) in [6.45, 7) is 2.34. The Bertz CT molecular complexity index is 847. The number of anilines is 1. The third kappa shape index (κ3) is 3.54. The van der Waals surface area contributed by atoms with E-state index in [1.54, 1.807) is 6.20 Å². The molecule has 0 aliphatic rings. The molecule has 0 saturated heterocycles. The molecule has 3 aromatic rings. The van der Waals surface area contributed by atoms with Gasteiger partial charge in [-0.1, -0.05) is 18.1 Å². The third-order valence-corrected chi connectivity index (χ3v) is 3.29. The SMILES string of the molecule is CCc1cc(NCc2cc(C(N)=O)no2)nc(-c2ccccn2)n1. The molecule has 0 aromatic carbocycles. The number of carbonyl (C=O) groups excluding carboxylic acids is 1. The highest BCUT2D eigenvalue weighted by Gasteiger charge is 2.10. The number of rotatable bonds is 6. The molecule has 8 nitrogen and oxygen atoms in total. The number of aryl methyl sites for hydroxylation is 1. The zero-order chi connectivity index (χ0) is 16.9. The average molecular weight is 324 g/mol. The zero-order valence-corrected chi connectivity index (χ0v) is 13.1. The summed E-state index contributed by atoms with van der Waals surface area (Å²) in [4.78, 5) is 24.3. The lowest BCUT2D eigenvalue weighted by Gasteiger charge is -2.08. The molecule has 0 saturated carbocycles. The summed E-state index contributed by atoms with van der Waals surface area (Å²) in [5, 5.41) is 6.73. The lowest BCUT2D eigenvalue weighted by atomic mass is 10.2. The van der Waals surface area contributed by atoms with Crippen molar-refractivity contribution in [2.45, 2.75) is 19.9 Å². The molecule has 0 spiro atoms. The second-order valence-corrected chi connectivity index (χ2v) is 5.03. The Morgan fingerprint density at radius 1 is 1.29 bits per heavy atom. The maximum absolute atomic E-state index is 11.0. The number of amides is 1. The van der Waals surface area contributed by atoms with E-state index in [-0.39, 0.29) is 5.69 Å². The minimum atomic E-state index is -0.627. The van der Waals surface area contributed by atoms with Crippen LogP contribution >= 0.6 is 0 Å². The highest BCUT2D eigenvalue weighted by Crippen LogP contribution is 2.17. The second kappa shape index (κ2) is 6.86. The number of pyridine rings is 1. The van der Waals surface area contributed by atoms with E-state index >= 15 is 0 Å². The Kier molecular flexibility index (Phi) is 4.46. The topological polar surface area (TPSA) is 120 Å². The van der Waals surface area contributed by atoms with Crippen molar-refractivity contribution in [1.29, 1.82) is 0 Å². The number of carbonyl (C=O) groups is 1. The van der Waals surface area contributed by atoms with Crippen LogP contribution in [0.2, 0.25) is 0 Å². The highest BCUT2D eigenvalue weighted by molar-refractivity contribution is 5.90. The zero-order valence-electron chi connectivity index (χ0n) is 13.1. The Balaban J connectivity index is 1.80. The molecular weight excluding hydrogens is 308 g/mol. The van der Waals surface area contributed by atoms with E-state index in [2.05, 4.69) is 25.4 Å². The molecule has 122 valence electrons. The first-order valence-corrected chi connectivity index (χ1v) is 7.44. The van der Waals surface area contributed by atoms with Crippen LogP contribution in [0.5, 0.6) is 0 Å². The van der Waals surface area contributed by atoms with E-state index in [4.69, 9.17) is 10.3 Å². The van der Waals surface area contributed by atoms with E-state index in [0.717, 1.165) is 12.1 Å². The number of hydrogen-bond donors (Lipinski definition) is 2. The van der Waals surface area contributed by atoms with Crippen molar-refractivity contribution < 1.29 is 9.32 Å². The summed E-state index contributed by atoms with van der Waals surface area (Å²) in [5.74, 6) is 1.05. The number of nitrogens with zero attached hydrogens (tertiary/aromatic N) is 4. The summed E-state index contributed by atoms with van der Waals surface area (Å²) < 4.78 is 5.05. The molecule has 1 amide bonds. The number of primary amides is 1. The van der Waals surface area contributed by atoms with Gasteiger partial charge >= 0.3 is 0 Å². The van der Waals surface area contributed by atoms with Crippen molar-refractivity contribution >= 4 is 11.7 Å². The van der Waals surface area contributed by atoms with E-state index in [1.807, 2.05) is 31.2 Å². The summed E-state index contributed by atoms with van der Waals surface area (Å²) >= 11 is 0. The van der Waals surface area contributed by atoms with Gasteiger partial charge in [-0.05, 0) is 18.6 Å². The quantitative estimate of drug-likeness (QED) is 0.709. The minimum absolute atomic E-state index is 0.0953. The minimum Gasteiger partial charge on any atom is -0.364 e. The first kappa shape index (κ1) is 15.6. The predicted octanol–water partition coefficient (Wildman–Crippen LogP) is 1.80. The van der Waals surface area contributed by atoms with Gasteiger partial charge in [-0.2, -0.15) is 0 Å². The van der Waals surface area contributed by atoms with Crippen LogP contribution in [0.3, 0.4) is 0 Å². The summed E-state index contributed by atoms with van der Waals surface area (Å²) in [5.41, 5.74) is 6.84. The van der Waals surface area contributed by atoms with Crippen molar-refractivity contribution in [1.82, 2.24) is 20.1 Å². The van der Waals surface area contributed by atoms with Crippen LogP contribution in [0.15, 0.2) is 41.1 Å². The molecular formula is C16H16N6O2. The van der Waals surface area contributed by atoms with Gasteiger partial charge in [-0.3, -0.25) is 9.78 Å². The molecule has 0 bridgehead atoms. The van der Waals surface area contributed by atoms with E-state index in [0.29, 0.717) is 29.6 Å². The lowest BCUT2D eigenvalue weighted by Crippen LogP contribution is -2.10. The van der Waals surface area contributed by atoms with Gasteiger partial charge in [0.05, 0.1) is 6.54 Å². The first-order valence-electron chi connectivity index (χ1n) is 7.44. The van der Waals surface area contributed by atoms with E-state index in [1.165, 1.54) is 6.07 Å². The molecule has 0 atom stereocenters. The van der Waals surface area contributed by atoms with Crippen molar-refractivity contribution in [3.63, 3.8) is 0 Å². The van der Waals surface area contributed by atoms with Crippen LogP contribution in [-0.4, -0.2) is 26.0 Å². The van der Waals surface area contributed by atoms with Crippen LogP contribution < -0.4 is 11.1 Å². The molecule has 0 radical (unpaired) electrons. The second-order valence-electron chi connectivity index (χ2n) is 5.03. The number of hydrogen-bond acceptors (Lipinski definition) is 7. The highest BCUT2D eigenvalue weighted by atomic mass is 16.5. The van der Waals surface area contributed by atoms with Crippen molar-refractivity contribution in [3.8, 4) is 11.5 Å². The summed E-state index contributed by atoms with van der Waals surface area (Å²) in [7, 11) is 0. The largest absolute Gasteiger partial charge is 0.364 e. The fraction of sp³-hybridized carbons (Fsp3) is 0.188. The fourth-order valence-corrected chi connectivity index (χ4v) is 2.07. The summed E-state index contributed by atoms with van der Waals surface area (Å²) in [6, 6.07) is 8.94. The smallest absolute Gasteiger partial charge is 0.270 e. The van der Waals surface area contributed by atoms with E-state index in [9.17, 15) is 4.79 Å². The summed E-state index contributed by atoms with van der Waals surface area (Å²) in [6.07, 6.45) is 2.47. The molecule has 3 aromatic heterocycles. The average Bonchev–Trinajstić information content (AvgIpc) is 3.10. The third-order valence-electron chi connectivity index (χ3n) is 3.29. The van der Waals surface area contributed by atoms with Gasteiger partial charge in [-0.25, -0.2) is 9.97 Å². The van der Waals surface area contributed by atoms with Crippen molar-refractivity contribution in [2.75, 3.05) is 5.32 Å². The molecule has 0 fully saturated rings. The van der Waals surface area contributed by atoms with Gasteiger partial charge in [0.15, 0.2) is 17.3 Å². The molecule has 3 rings (SSSR count). The maximum Gasteiger partial charge on any atom is 0.270 e. The van der Waals surface area contributed by atoms with Gasteiger partial charge in [-0.15, -0.1) is 0 Å². The van der Waals surface area contributed by atoms with Gasteiger partial charge in [0.25, 0.3) is 5.91 Å². The maximum atomic E-state index is 11.0. The van der Waals surface area contributed by atoms with Crippen molar-refractivity contribution in [3.05, 3.63) is 53.7 Å². The van der Waals surface area contributed by atoms with Crippen LogP contribution in [0.4, 0.5) is 5.82 Å². The normalized spacial score (nSPS) is 10.5. The van der Waals surface area contributed by atoms with E-state index < -0.39 is 5.91 Å².